The fourth-order valence-electron chi connectivity index (χ4n) is 8.00. The largest absolute Gasteiger partial charge is 0.295 e. The van der Waals surface area contributed by atoms with Gasteiger partial charge in [0.05, 0.1) is 0 Å². The van der Waals surface area contributed by atoms with E-state index in [0.717, 1.165) is 17.9 Å². The average Bonchev–Trinajstić information content (AvgIpc) is 3.04. The van der Waals surface area contributed by atoms with Crippen LogP contribution in [0.1, 0.15) is 86.5 Å². The molecule has 0 amide bonds. The van der Waals surface area contributed by atoms with Crippen LogP contribution in [0.2, 0.25) is 0 Å². The van der Waals surface area contributed by atoms with Gasteiger partial charge in [0.1, 0.15) is 0 Å². The van der Waals surface area contributed by atoms with Crippen molar-refractivity contribution in [3.63, 3.8) is 0 Å². The standard InChI is InChI=1S/C28H42O2/c1-17(2)18(3)7-8-19(4)22-9-10-23-21-16-26(30)25-15-20(29)11-13-28(25,6)24(21)12-14-27(22,23)5/h7-8,15,17-19,21-24H,9-14,16H2,1-6H3/b8-7+/t18-,19+,21-,22+,23-,24-,27+,28+/m0/s1. The number of fused-ring (bicyclic) bond motifs is 5. The zero-order valence-corrected chi connectivity index (χ0v) is 20.0. The lowest BCUT2D eigenvalue weighted by Crippen LogP contribution is -2.53. The van der Waals surface area contributed by atoms with Crippen molar-refractivity contribution in [1.82, 2.24) is 0 Å². The van der Waals surface area contributed by atoms with Gasteiger partial charge in [-0.15, -0.1) is 0 Å². The summed E-state index contributed by atoms with van der Waals surface area (Å²) >= 11 is 0. The lowest BCUT2D eigenvalue weighted by atomic mass is 9.46. The van der Waals surface area contributed by atoms with Crippen molar-refractivity contribution in [1.29, 1.82) is 0 Å². The first-order chi connectivity index (χ1) is 14.1. The van der Waals surface area contributed by atoms with E-state index < -0.39 is 0 Å². The molecule has 3 fully saturated rings. The molecule has 4 rings (SSSR count). The average molecular weight is 411 g/mol. The number of allylic oxidation sites excluding steroid dienone is 3. The molecule has 3 saturated carbocycles. The molecular weight excluding hydrogens is 368 g/mol. The summed E-state index contributed by atoms with van der Waals surface area (Å²) in [5.41, 5.74) is 1.16. The molecule has 0 heterocycles. The summed E-state index contributed by atoms with van der Waals surface area (Å²) < 4.78 is 0. The van der Waals surface area contributed by atoms with E-state index in [2.05, 4.69) is 53.7 Å². The Labute approximate surface area is 184 Å². The van der Waals surface area contributed by atoms with Crippen LogP contribution in [0.3, 0.4) is 0 Å². The molecule has 0 radical (unpaired) electrons. The van der Waals surface area contributed by atoms with E-state index in [1.165, 1.54) is 25.7 Å². The fourth-order valence-corrected chi connectivity index (χ4v) is 8.00. The third-order valence-electron chi connectivity index (χ3n) is 10.3. The van der Waals surface area contributed by atoms with E-state index in [1.807, 2.05) is 0 Å². The maximum absolute atomic E-state index is 13.2. The molecule has 0 bridgehead atoms. The van der Waals surface area contributed by atoms with Gasteiger partial charge in [-0.3, -0.25) is 9.59 Å². The monoisotopic (exact) mass is 410 g/mol. The SMILES string of the molecule is CC(C)[C@@H](C)/C=C/[C@@H](C)[C@H]1CC[C@H]2[C@@H]3CC(=O)C4=CC(=O)CC[C@]4(C)[C@H]3CC[C@]12C. The van der Waals surface area contributed by atoms with Crippen LogP contribution in [0.4, 0.5) is 0 Å². The van der Waals surface area contributed by atoms with Crippen molar-refractivity contribution < 1.29 is 9.59 Å². The van der Waals surface area contributed by atoms with E-state index in [9.17, 15) is 9.59 Å². The molecule has 0 saturated heterocycles. The molecule has 8 atom stereocenters. The first-order valence-electron chi connectivity index (χ1n) is 12.5. The first-order valence-corrected chi connectivity index (χ1v) is 12.5. The van der Waals surface area contributed by atoms with Gasteiger partial charge in [-0.2, -0.15) is 0 Å². The third kappa shape index (κ3) is 3.37. The summed E-state index contributed by atoms with van der Waals surface area (Å²) in [6.07, 6.45) is 13.9. The second kappa shape index (κ2) is 7.75. The van der Waals surface area contributed by atoms with E-state index in [4.69, 9.17) is 0 Å². The highest BCUT2D eigenvalue weighted by Crippen LogP contribution is 2.67. The molecule has 0 spiro atoms. The zero-order chi connectivity index (χ0) is 21.8. The summed E-state index contributed by atoms with van der Waals surface area (Å²) in [5.74, 6) is 4.85. The number of carbonyl (C=O) groups is 2. The van der Waals surface area contributed by atoms with Crippen molar-refractivity contribution in [2.75, 3.05) is 0 Å². The topological polar surface area (TPSA) is 34.1 Å². The minimum Gasteiger partial charge on any atom is -0.295 e. The Kier molecular flexibility index (Phi) is 5.69. The van der Waals surface area contributed by atoms with Crippen LogP contribution in [0, 0.1) is 52.3 Å². The second-order valence-electron chi connectivity index (χ2n) is 12.0. The Balaban J connectivity index is 1.57. The van der Waals surface area contributed by atoms with Crippen molar-refractivity contribution in [3.05, 3.63) is 23.8 Å². The van der Waals surface area contributed by atoms with Gasteiger partial charge in [-0.1, -0.05) is 53.7 Å². The predicted octanol–water partition coefficient (Wildman–Crippen LogP) is 6.80. The summed E-state index contributed by atoms with van der Waals surface area (Å²) in [5, 5.41) is 0. The molecule has 30 heavy (non-hydrogen) atoms. The highest BCUT2D eigenvalue weighted by Gasteiger charge is 2.60. The van der Waals surface area contributed by atoms with Crippen LogP contribution in [-0.4, -0.2) is 11.6 Å². The molecule has 0 aromatic carbocycles. The lowest BCUT2D eigenvalue weighted by molar-refractivity contribution is -0.131. The second-order valence-corrected chi connectivity index (χ2v) is 12.0. The fraction of sp³-hybridized carbons (Fsp3) is 0.786. The van der Waals surface area contributed by atoms with Gasteiger partial charge in [-0.05, 0) is 90.4 Å². The Morgan fingerprint density at radius 3 is 2.40 bits per heavy atom. The summed E-state index contributed by atoms with van der Waals surface area (Å²) in [6, 6.07) is 0. The van der Waals surface area contributed by atoms with Gasteiger partial charge < -0.3 is 0 Å². The third-order valence-corrected chi connectivity index (χ3v) is 10.3. The van der Waals surface area contributed by atoms with E-state index in [-0.39, 0.29) is 17.0 Å². The Bertz CT molecular complexity index is 774. The molecule has 0 aromatic rings. The normalized spacial score (nSPS) is 43.2. The van der Waals surface area contributed by atoms with Gasteiger partial charge in [-0.25, -0.2) is 0 Å². The van der Waals surface area contributed by atoms with Crippen molar-refractivity contribution >= 4 is 11.6 Å². The molecule has 4 aliphatic rings. The maximum Gasteiger partial charge on any atom is 0.159 e. The Morgan fingerprint density at radius 2 is 1.70 bits per heavy atom. The van der Waals surface area contributed by atoms with Gasteiger partial charge in [0.25, 0.3) is 0 Å². The van der Waals surface area contributed by atoms with Crippen LogP contribution in [-0.2, 0) is 9.59 Å². The minimum absolute atomic E-state index is 0.0639. The molecule has 0 aromatic heterocycles. The summed E-state index contributed by atoms with van der Waals surface area (Å²) in [7, 11) is 0. The zero-order valence-electron chi connectivity index (χ0n) is 20.0. The Morgan fingerprint density at radius 1 is 0.967 bits per heavy atom. The first kappa shape index (κ1) is 22.0. The van der Waals surface area contributed by atoms with Crippen molar-refractivity contribution in [3.8, 4) is 0 Å². The predicted molar refractivity (Wildman–Crippen MR) is 123 cm³/mol. The Hall–Kier alpha value is -1.18. The highest BCUT2D eigenvalue weighted by molar-refractivity contribution is 6.05. The van der Waals surface area contributed by atoms with Crippen LogP contribution in [0.15, 0.2) is 23.8 Å². The summed E-state index contributed by atoms with van der Waals surface area (Å²) in [4.78, 5) is 25.2. The lowest BCUT2D eigenvalue weighted by Gasteiger charge is -2.57. The number of hydrogen-bond donors (Lipinski definition) is 0. The molecule has 2 heteroatoms. The number of Topliss-reactive ketones (excluding diaryl/α,β-unsaturated/α-hetero) is 1. The smallest absolute Gasteiger partial charge is 0.159 e. The summed E-state index contributed by atoms with van der Waals surface area (Å²) in [6.45, 7) is 14.2. The van der Waals surface area contributed by atoms with Crippen molar-refractivity contribution in [2.24, 2.45) is 52.3 Å². The van der Waals surface area contributed by atoms with Crippen molar-refractivity contribution in [2.45, 2.75) is 86.5 Å². The molecular formula is C28H42O2. The minimum atomic E-state index is -0.0639. The van der Waals surface area contributed by atoms with Gasteiger partial charge in [0.15, 0.2) is 11.6 Å². The van der Waals surface area contributed by atoms with Crippen LogP contribution in [0.5, 0.6) is 0 Å². The van der Waals surface area contributed by atoms with Gasteiger partial charge >= 0.3 is 0 Å². The quantitative estimate of drug-likeness (QED) is 0.478. The highest BCUT2D eigenvalue weighted by atomic mass is 16.1. The van der Waals surface area contributed by atoms with Crippen LogP contribution in [0.25, 0.3) is 0 Å². The van der Waals surface area contributed by atoms with Gasteiger partial charge in [0, 0.05) is 18.4 Å². The van der Waals surface area contributed by atoms with E-state index in [0.29, 0.717) is 53.8 Å². The van der Waals surface area contributed by atoms with E-state index >= 15 is 0 Å². The molecule has 0 N–H and O–H groups in total. The molecule has 166 valence electrons. The maximum atomic E-state index is 13.2. The number of carbonyl (C=O) groups excluding carboxylic acids is 2. The molecule has 2 nitrogen and oxygen atoms in total. The molecule has 0 aliphatic heterocycles. The van der Waals surface area contributed by atoms with Gasteiger partial charge in [0.2, 0.25) is 0 Å². The molecule has 0 unspecified atom stereocenters. The number of ketones is 2. The molecule has 4 aliphatic carbocycles. The number of rotatable bonds is 4. The number of hydrogen-bond acceptors (Lipinski definition) is 2. The van der Waals surface area contributed by atoms with E-state index in [1.54, 1.807) is 6.08 Å². The van der Waals surface area contributed by atoms with Crippen LogP contribution >= 0.6 is 0 Å². The van der Waals surface area contributed by atoms with Crippen LogP contribution < -0.4 is 0 Å².